The van der Waals surface area contributed by atoms with E-state index in [0.717, 1.165) is 5.56 Å². The lowest BCUT2D eigenvalue weighted by atomic mass is 10.1. The number of nitrogens with zero attached hydrogens (tertiary/aromatic N) is 1. The predicted molar refractivity (Wildman–Crippen MR) is 77.9 cm³/mol. The van der Waals surface area contributed by atoms with Gasteiger partial charge in [0, 0.05) is 19.2 Å². The highest BCUT2D eigenvalue weighted by molar-refractivity contribution is 5.95. The molecule has 0 heterocycles. The molecule has 0 aliphatic rings. The third kappa shape index (κ3) is 3.06. The Bertz CT molecular complexity index is 626. The van der Waals surface area contributed by atoms with Gasteiger partial charge in [0.1, 0.15) is 5.82 Å². The predicted octanol–water partition coefficient (Wildman–Crippen LogP) is 2.14. The topological polar surface area (TPSA) is 72.3 Å². The number of benzene rings is 2. The van der Waals surface area contributed by atoms with Gasteiger partial charge in [-0.2, -0.15) is 0 Å². The molecule has 0 bridgehead atoms. The normalized spacial score (nSPS) is 10.3. The Labute approximate surface area is 116 Å². The van der Waals surface area contributed by atoms with Crippen LogP contribution in [0.3, 0.4) is 0 Å². The molecular weight excluding hydrogens is 257 g/mol. The molecule has 2 aromatic carbocycles. The van der Waals surface area contributed by atoms with Crippen molar-refractivity contribution in [2.75, 3.05) is 17.7 Å². The van der Waals surface area contributed by atoms with E-state index >= 15 is 0 Å². The van der Waals surface area contributed by atoms with Gasteiger partial charge in [0.15, 0.2) is 0 Å². The Morgan fingerprint density at radius 2 is 1.85 bits per heavy atom. The van der Waals surface area contributed by atoms with E-state index in [9.17, 15) is 9.18 Å². The van der Waals surface area contributed by atoms with E-state index in [4.69, 9.17) is 11.5 Å². The smallest absolute Gasteiger partial charge is 0.248 e. The van der Waals surface area contributed by atoms with Crippen LogP contribution in [0.5, 0.6) is 0 Å². The van der Waals surface area contributed by atoms with Gasteiger partial charge in [-0.1, -0.05) is 12.1 Å². The van der Waals surface area contributed by atoms with E-state index in [1.165, 1.54) is 12.1 Å². The van der Waals surface area contributed by atoms with Gasteiger partial charge in [0.05, 0.1) is 11.4 Å². The number of hydrogen-bond donors (Lipinski definition) is 2. The van der Waals surface area contributed by atoms with E-state index in [-0.39, 0.29) is 5.82 Å². The number of nitrogens with two attached hydrogens (primary N) is 2. The zero-order valence-corrected chi connectivity index (χ0v) is 11.1. The minimum absolute atomic E-state index is 0.272. The zero-order chi connectivity index (χ0) is 14.7. The van der Waals surface area contributed by atoms with Gasteiger partial charge in [0.25, 0.3) is 0 Å². The number of carbonyl (C=O) groups is 1. The summed E-state index contributed by atoms with van der Waals surface area (Å²) < 4.78 is 12.9. The summed E-state index contributed by atoms with van der Waals surface area (Å²) in [5.74, 6) is -0.770. The van der Waals surface area contributed by atoms with Crippen LogP contribution in [-0.4, -0.2) is 13.0 Å². The van der Waals surface area contributed by atoms with Crippen molar-refractivity contribution >= 4 is 17.3 Å². The molecule has 0 saturated carbocycles. The van der Waals surface area contributed by atoms with Gasteiger partial charge in [0.2, 0.25) is 5.91 Å². The van der Waals surface area contributed by atoms with Crippen LogP contribution < -0.4 is 16.4 Å². The Balaban J connectivity index is 2.24. The molecule has 0 aliphatic heterocycles. The summed E-state index contributed by atoms with van der Waals surface area (Å²) in [4.78, 5) is 13.1. The molecule has 1 amide bonds. The molecule has 0 saturated heterocycles. The van der Waals surface area contributed by atoms with Crippen LogP contribution in [-0.2, 0) is 6.54 Å². The lowest BCUT2D eigenvalue weighted by Gasteiger charge is -2.21. The molecule has 104 valence electrons. The maximum Gasteiger partial charge on any atom is 0.248 e. The molecule has 20 heavy (non-hydrogen) atoms. The Kier molecular flexibility index (Phi) is 3.89. The van der Waals surface area contributed by atoms with Crippen molar-refractivity contribution in [2.45, 2.75) is 6.54 Å². The molecule has 0 unspecified atom stereocenters. The van der Waals surface area contributed by atoms with Crippen molar-refractivity contribution in [3.8, 4) is 0 Å². The highest BCUT2D eigenvalue weighted by atomic mass is 19.1. The van der Waals surface area contributed by atoms with E-state index in [1.54, 1.807) is 30.3 Å². The number of amides is 1. The van der Waals surface area contributed by atoms with Crippen molar-refractivity contribution in [2.24, 2.45) is 5.73 Å². The van der Waals surface area contributed by atoms with Gasteiger partial charge in [-0.3, -0.25) is 4.79 Å². The standard InChI is InChI=1S/C15H16FN3O/c1-19(9-10-2-5-12(16)6-3-10)14-8-11(15(18)20)4-7-13(14)17/h2-8H,9,17H2,1H3,(H2,18,20). The van der Waals surface area contributed by atoms with E-state index in [0.29, 0.717) is 23.5 Å². The summed E-state index contributed by atoms with van der Waals surface area (Å²) in [6, 6.07) is 11.1. The summed E-state index contributed by atoms with van der Waals surface area (Å²) in [6.07, 6.45) is 0. The molecule has 0 aliphatic carbocycles. The summed E-state index contributed by atoms with van der Waals surface area (Å²) in [5.41, 5.74) is 13.8. The second-order valence-electron chi connectivity index (χ2n) is 4.62. The fraction of sp³-hybridized carbons (Fsp3) is 0.133. The van der Waals surface area contributed by atoms with Crippen LogP contribution >= 0.6 is 0 Å². The first-order chi connectivity index (χ1) is 9.47. The summed E-state index contributed by atoms with van der Waals surface area (Å²) in [7, 11) is 1.85. The minimum atomic E-state index is -0.499. The molecule has 0 aromatic heterocycles. The molecular formula is C15H16FN3O. The lowest BCUT2D eigenvalue weighted by molar-refractivity contribution is 0.100. The van der Waals surface area contributed by atoms with Crippen molar-refractivity contribution in [1.82, 2.24) is 0 Å². The molecule has 4 nitrogen and oxygen atoms in total. The SMILES string of the molecule is CN(Cc1ccc(F)cc1)c1cc(C(N)=O)ccc1N. The van der Waals surface area contributed by atoms with Gasteiger partial charge in [-0.25, -0.2) is 4.39 Å². The molecule has 5 heteroatoms. The number of hydrogen-bond acceptors (Lipinski definition) is 3. The van der Waals surface area contributed by atoms with Crippen LogP contribution in [0.4, 0.5) is 15.8 Å². The fourth-order valence-electron chi connectivity index (χ4n) is 1.98. The minimum Gasteiger partial charge on any atom is -0.397 e. The molecule has 2 rings (SSSR count). The average Bonchev–Trinajstić information content (AvgIpc) is 2.41. The summed E-state index contributed by atoms with van der Waals surface area (Å²) >= 11 is 0. The largest absolute Gasteiger partial charge is 0.397 e. The van der Waals surface area contributed by atoms with Crippen LogP contribution in [0.2, 0.25) is 0 Å². The summed E-state index contributed by atoms with van der Waals surface area (Å²) in [6.45, 7) is 0.548. The maximum atomic E-state index is 12.9. The summed E-state index contributed by atoms with van der Waals surface area (Å²) in [5, 5.41) is 0. The highest BCUT2D eigenvalue weighted by Gasteiger charge is 2.09. The Morgan fingerprint density at radius 1 is 1.20 bits per heavy atom. The van der Waals surface area contributed by atoms with Crippen LogP contribution in [0.15, 0.2) is 42.5 Å². The van der Waals surface area contributed by atoms with Crippen molar-refractivity contribution in [1.29, 1.82) is 0 Å². The monoisotopic (exact) mass is 273 g/mol. The second kappa shape index (κ2) is 5.61. The van der Waals surface area contributed by atoms with E-state index < -0.39 is 5.91 Å². The van der Waals surface area contributed by atoms with Crippen LogP contribution in [0.25, 0.3) is 0 Å². The van der Waals surface area contributed by atoms with E-state index in [1.807, 2.05) is 11.9 Å². The van der Waals surface area contributed by atoms with Gasteiger partial charge >= 0.3 is 0 Å². The Morgan fingerprint density at radius 3 is 2.45 bits per heavy atom. The molecule has 2 aromatic rings. The van der Waals surface area contributed by atoms with Crippen molar-refractivity contribution < 1.29 is 9.18 Å². The van der Waals surface area contributed by atoms with Crippen molar-refractivity contribution in [3.63, 3.8) is 0 Å². The number of halogens is 1. The fourth-order valence-corrected chi connectivity index (χ4v) is 1.98. The second-order valence-corrected chi connectivity index (χ2v) is 4.62. The molecule has 0 radical (unpaired) electrons. The quantitative estimate of drug-likeness (QED) is 0.838. The number of primary amides is 1. The van der Waals surface area contributed by atoms with E-state index in [2.05, 4.69) is 0 Å². The molecule has 0 fully saturated rings. The van der Waals surface area contributed by atoms with Crippen molar-refractivity contribution in [3.05, 3.63) is 59.4 Å². The van der Waals surface area contributed by atoms with Crippen LogP contribution in [0.1, 0.15) is 15.9 Å². The van der Waals surface area contributed by atoms with Gasteiger partial charge < -0.3 is 16.4 Å². The first-order valence-corrected chi connectivity index (χ1v) is 6.12. The number of anilines is 2. The average molecular weight is 273 g/mol. The highest BCUT2D eigenvalue weighted by Crippen LogP contribution is 2.25. The molecule has 0 atom stereocenters. The first-order valence-electron chi connectivity index (χ1n) is 6.12. The number of rotatable bonds is 4. The third-order valence-electron chi connectivity index (χ3n) is 3.06. The number of carbonyl (C=O) groups excluding carboxylic acids is 1. The molecule has 0 spiro atoms. The lowest BCUT2D eigenvalue weighted by Crippen LogP contribution is -2.19. The van der Waals surface area contributed by atoms with Crippen LogP contribution in [0, 0.1) is 5.82 Å². The first kappa shape index (κ1) is 13.9. The van der Waals surface area contributed by atoms with Gasteiger partial charge in [-0.15, -0.1) is 0 Å². The zero-order valence-electron chi connectivity index (χ0n) is 11.1. The van der Waals surface area contributed by atoms with Gasteiger partial charge in [-0.05, 0) is 35.9 Å². The number of nitrogen functional groups attached to an aromatic ring is 1. The maximum absolute atomic E-state index is 12.9. The third-order valence-corrected chi connectivity index (χ3v) is 3.06. The molecule has 4 N–H and O–H groups in total. The Hall–Kier alpha value is -2.56.